The SMILES string of the molecule is CC(C)CN1CCC(CC(=O)OC(C)C)C1. The predicted molar refractivity (Wildman–Crippen MR) is 65.2 cm³/mol. The first-order valence-electron chi connectivity index (χ1n) is 6.39. The van der Waals surface area contributed by atoms with Gasteiger partial charge in [-0.3, -0.25) is 4.79 Å². The summed E-state index contributed by atoms with van der Waals surface area (Å²) in [4.78, 5) is 14.0. The first kappa shape index (κ1) is 13.5. The van der Waals surface area contributed by atoms with Crippen molar-refractivity contribution in [3.63, 3.8) is 0 Å². The number of hydrogen-bond acceptors (Lipinski definition) is 3. The number of carbonyl (C=O) groups excluding carboxylic acids is 1. The van der Waals surface area contributed by atoms with Crippen molar-refractivity contribution in [1.29, 1.82) is 0 Å². The molecule has 1 aliphatic heterocycles. The van der Waals surface area contributed by atoms with E-state index >= 15 is 0 Å². The fourth-order valence-electron chi connectivity index (χ4n) is 2.31. The van der Waals surface area contributed by atoms with Crippen LogP contribution in [0.15, 0.2) is 0 Å². The minimum atomic E-state index is -0.0357. The normalized spacial score (nSPS) is 22.0. The van der Waals surface area contributed by atoms with Crippen LogP contribution in [0.4, 0.5) is 0 Å². The van der Waals surface area contributed by atoms with Gasteiger partial charge in [0.1, 0.15) is 0 Å². The molecular formula is C13H25NO2. The summed E-state index contributed by atoms with van der Waals surface area (Å²) in [6.45, 7) is 11.6. The monoisotopic (exact) mass is 227 g/mol. The summed E-state index contributed by atoms with van der Waals surface area (Å²) >= 11 is 0. The van der Waals surface area contributed by atoms with E-state index in [1.54, 1.807) is 0 Å². The van der Waals surface area contributed by atoms with E-state index in [9.17, 15) is 4.79 Å². The van der Waals surface area contributed by atoms with Gasteiger partial charge in [-0.05, 0) is 38.6 Å². The molecule has 16 heavy (non-hydrogen) atoms. The Hall–Kier alpha value is -0.570. The Morgan fingerprint density at radius 3 is 2.62 bits per heavy atom. The Morgan fingerprint density at radius 2 is 2.06 bits per heavy atom. The lowest BCUT2D eigenvalue weighted by Gasteiger charge is -2.18. The van der Waals surface area contributed by atoms with Gasteiger partial charge in [0.2, 0.25) is 0 Å². The molecule has 0 saturated carbocycles. The van der Waals surface area contributed by atoms with Gasteiger partial charge in [0.15, 0.2) is 0 Å². The van der Waals surface area contributed by atoms with E-state index in [0.29, 0.717) is 18.3 Å². The topological polar surface area (TPSA) is 29.5 Å². The van der Waals surface area contributed by atoms with Crippen molar-refractivity contribution in [2.24, 2.45) is 11.8 Å². The molecule has 1 unspecified atom stereocenters. The van der Waals surface area contributed by atoms with Gasteiger partial charge in [-0.1, -0.05) is 13.8 Å². The molecule has 3 heteroatoms. The molecular weight excluding hydrogens is 202 g/mol. The van der Waals surface area contributed by atoms with E-state index in [0.717, 1.165) is 26.1 Å². The van der Waals surface area contributed by atoms with Crippen molar-refractivity contribution in [3.05, 3.63) is 0 Å². The van der Waals surface area contributed by atoms with Gasteiger partial charge < -0.3 is 9.64 Å². The maximum Gasteiger partial charge on any atom is 0.306 e. The zero-order valence-corrected chi connectivity index (χ0v) is 11.0. The number of nitrogens with zero attached hydrogens (tertiary/aromatic N) is 1. The van der Waals surface area contributed by atoms with E-state index in [1.807, 2.05) is 13.8 Å². The van der Waals surface area contributed by atoms with Crippen molar-refractivity contribution < 1.29 is 9.53 Å². The van der Waals surface area contributed by atoms with Crippen molar-refractivity contribution in [2.45, 2.75) is 46.6 Å². The van der Waals surface area contributed by atoms with Crippen LogP contribution in [0.1, 0.15) is 40.5 Å². The van der Waals surface area contributed by atoms with Crippen molar-refractivity contribution in [1.82, 2.24) is 4.90 Å². The van der Waals surface area contributed by atoms with Gasteiger partial charge in [0, 0.05) is 19.5 Å². The van der Waals surface area contributed by atoms with Gasteiger partial charge in [-0.15, -0.1) is 0 Å². The van der Waals surface area contributed by atoms with Gasteiger partial charge >= 0.3 is 5.97 Å². The van der Waals surface area contributed by atoms with Crippen LogP contribution in [0, 0.1) is 11.8 Å². The van der Waals surface area contributed by atoms with Crippen molar-refractivity contribution in [3.8, 4) is 0 Å². The number of hydrogen-bond donors (Lipinski definition) is 0. The Labute approximate surface area is 99.1 Å². The van der Waals surface area contributed by atoms with Crippen LogP contribution in [-0.2, 0) is 9.53 Å². The molecule has 0 aromatic carbocycles. The summed E-state index contributed by atoms with van der Waals surface area (Å²) in [5, 5.41) is 0. The summed E-state index contributed by atoms with van der Waals surface area (Å²) in [5.74, 6) is 1.18. The predicted octanol–water partition coefficient (Wildman–Crippen LogP) is 2.31. The molecule has 0 aromatic rings. The third-order valence-electron chi connectivity index (χ3n) is 2.82. The van der Waals surface area contributed by atoms with Crippen LogP contribution in [0.25, 0.3) is 0 Å². The maximum absolute atomic E-state index is 11.5. The number of esters is 1. The van der Waals surface area contributed by atoms with Crippen LogP contribution in [-0.4, -0.2) is 36.6 Å². The Kier molecular flexibility index (Phi) is 5.26. The van der Waals surface area contributed by atoms with Crippen LogP contribution in [0.5, 0.6) is 0 Å². The number of rotatable bonds is 5. The van der Waals surface area contributed by atoms with Crippen LogP contribution >= 0.6 is 0 Å². The summed E-state index contributed by atoms with van der Waals surface area (Å²) < 4.78 is 5.17. The van der Waals surface area contributed by atoms with Gasteiger partial charge in [0.05, 0.1) is 6.10 Å². The molecule has 3 nitrogen and oxygen atoms in total. The average molecular weight is 227 g/mol. The van der Waals surface area contributed by atoms with Gasteiger partial charge in [0.25, 0.3) is 0 Å². The molecule has 1 heterocycles. The fourth-order valence-corrected chi connectivity index (χ4v) is 2.31. The van der Waals surface area contributed by atoms with E-state index in [1.165, 1.54) is 0 Å². The maximum atomic E-state index is 11.5. The lowest BCUT2D eigenvalue weighted by Crippen LogP contribution is -2.26. The van der Waals surface area contributed by atoms with E-state index < -0.39 is 0 Å². The molecule has 1 atom stereocenters. The molecule has 1 fully saturated rings. The molecule has 0 radical (unpaired) electrons. The fraction of sp³-hybridized carbons (Fsp3) is 0.923. The molecule has 0 aliphatic carbocycles. The third kappa shape index (κ3) is 4.97. The van der Waals surface area contributed by atoms with Crippen molar-refractivity contribution >= 4 is 5.97 Å². The summed E-state index contributed by atoms with van der Waals surface area (Å²) in [7, 11) is 0. The third-order valence-corrected chi connectivity index (χ3v) is 2.82. The highest BCUT2D eigenvalue weighted by Gasteiger charge is 2.25. The Bertz CT molecular complexity index is 226. The standard InChI is InChI=1S/C13H25NO2/c1-10(2)8-14-6-5-12(9-14)7-13(15)16-11(3)4/h10-12H,5-9H2,1-4H3. The molecule has 0 aromatic heterocycles. The van der Waals surface area contributed by atoms with E-state index in [4.69, 9.17) is 4.74 Å². The Balaban J connectivity index is 2.23. The molecule has 1 rings (SSSR count). The minimum Gasteiger partial charge on any atom is -0.463 e. The number of ether oxygens (including phenoxy) is 1. The van der Waals surface area contributed by atoms with Crippen molar-refractivity contribution in [2.75, 3.05) is 19.6 Å². The molecule has 0 amide bonds. The molecule has 0 spiro atoms. The van der Waals surface area contributed by atoms with Crippen LogP contribution in [0.3, 0.4) is 0 Å². The zero-order valence-electron chi connectivity index (χ0n) is 11.0. The molecule has 1 aliphatic rings. The first-order chi connectivity index (χ1) is 7.47. The summed E-state index contributed by atoms with van der Waals surface area (Å²) in [6, 6.07) is 0. The summed E-state index contributed by atoms with van der Waals surface area (Å²) in [5.41, 5.74) is 0. The second-order valence-electron chi connectivity index (χ2n) is 5.55. The second kappa shape index (κ2) is 6.24. The molecule has 0 N–H and O–H groups in total. The Morgan fingerprint density at radius 1 is 1.38 bits per heavy atom. The molecule has 0 bridgehead atoms. The summed E-state index contributed by atoms with van der Waals surface area (Å²) in [6.07, 6.45) is 1.74. The second-order valence-corrected chi connectivity index (χ2v) is 5.55. The van der Waals surface area contributed by atoms with Crippen LogP contribution < -0.4 is 0 Å². The highest BCUT2D eigenvalue weighted by atomic mass is 16.5. The highest BCUT2D eigenvalue weighted by molar-refractivity contribution is 5.69. The first-order valence-corrected chi connectivity index (χ1v) is 6.39. The lowest BCUT2D eigenvalue weighted by atomic mass is 10.1. The highest BCUT2D eigenvalue weighted by Crippen LogP contribution is 2.21. The zero-order chi connectivity index (χ0) is 12.1. The van der Waals surface area contributed by atoms with Gasteiger partial charge in [-0.25, -0.2) is 0 Å². The lowest BCUT2D eigenvalue weighted by molar-refractivity contribution is -0.148. The number of likely N-dealkylation sites (tertiary alicyclic amines) is 1. The average Bonchev–Trinajstić information content (AvgIpc) is 2.49. The van der Waals surface area contributed by atoms with E-state index in [2.05, 4.69) is 18.7 Å². The molecule has 94 valence electrons. The largest absolute Gasteiger partial charge is 0.463 e. The quantitative estimate of drug-likeness (QED) is 0.675. The van der Waals surface area contributed by atoms with E-state index in [-0.39, 0.29) is 12.1 Å². The van der Waals surface area contributed by atoms with Crippen LogP contribution in [0.2, 0.25) is 0 Å². The molecule has 1 saturated heterocycles. The number of carbonyl (C=O) groups is 1. The minimum absolute atomic E-state index is 0.0145. The smallest absolute Gasteiger partial charge is 0.306 e. The van der Waals surface area contributed by atoms with Gasteiger partial charge in [-0.2, -0.15) is 0 Å².